The van der Waals surface area contributed by atoms with Crippen LogP contribution in [0.5, 0.6) is 0 Å². The number of fused-ring (bicyclic) bond motifs is 3. The number of rotatable bonds is 5. The van der Waals surface area contributed by atoms with E-state index in [9.17, 15) is 4.79 Å². The minimum absolute atomic E-state index is 0.114. The highest BCUT2D eigenvalue weighted by atomic mass is 32.2. The van der Waals surface area contributed by atoms with Crippen LogP contribution in [0, 0.1) is 5.92 Å². The van der Waals surface area contributed by atoms with Crippen LogP contribution < -0.4 is 5.56 Å². The number of ether oxygens (including phenoxy) is 1. The zero-order valence-electron chi connectivity index (χ0n) is 15.8. The Morgan fingerprint density at radius 3 is 3.04 bits per heavy atom. The summed E-state index contributed by atoms with van der Waals surface area (Å²) in [4.78, 5) is 22.5. The maximum Gasteiger partial charge on any atom is 0.262 e. The predicted molar refractivity (Wildman–Crippen MR) is 109 cm³/mol. The molecule has 3 heterocycles. The fourth-order valence-electron chi connectivity index (χ4n) is 3.97. The third-order valence-electron chi connectivity index (χ3n) is 5.15. The molecule has 7 heteroatoms. The molecule has 0 saturated carbocycles. The van der Waals surface area contributed by atoms with Gasteiger partial charge in [-0.15, -0.1) is 11.3 Å². The molecule has 1 saturated heterocycles. The molecule has 1 aliphatic carbocycles. The minimum atomic E-state index is 0.114. The van der Waals surface area contributed by atoms with Crippen LogP contribution in [0.3, 0.4) is 0 Å². The molecule has 0 aromatic carbocycles. The maximum absolute atomic E-state index is 12.9. The number of aryl methyl sites for hydroxylation is 2. The molecule has 0 radical (unpaired) electrons. The second-order valence-electron chi connectivity index (χ2n) is 7.75. The van der Waals surface area contributed by atoms with E-state index in [1.54, 1.807) is 27.7 Å². The van der Waals surface area contributed by atoms with Crippen LogP contribution in [-0.2, 0) is 24.6 Å². The fourth-order valence-corrected chi connectivity index (χ4v) is 6.24. The standard InChI is InChI=1S/C19H27N3O2S2/c1-12(2)9-22-7-8-24-13(10-22)11-25-19-20-17-16(18(23)21(19)3)14-5-4-6-15(14)26-17/h12-13H,4-11H2,1-3H3/t13-/m1/s1. The van der Waals surface area contributed by atoms with E-state index in [2.05, 4.69) is 18.7 Å². The van der Waals surface area contributed by atoms with Crippen molar-refractivity contribution >= 4 is 33.3 Å². The lowest BCUT2D eigenvalue weighted by Crippen LogP contribution is -2.44. The lowest BCUT2D eigenvalue weighted by Gasteiger charge is -2.33. The summed E-state index contributed by atoms with van der Waals surface area (Å²) in [6, 6.07) is 0. The SMILES string of the molecule is CC(C)CN1CCO[C@@H](CSc2nc3sc4c(c3c(=O)n2C)CCC4)C1. The van der Waals surface area contributed by atoms with Gasteiger partial charge in [-0.3, -0.25) is 14.3 Å². The van der Waals surface area contributed by atoms with E-state index in [1.165, 1.54) is 16.9 Å². The highest BCUT2D eigenvalue weighted by molar-refractivity contribution is 7.99. The summed E-state index contributed by atoms with van der Waals surface area (Å²) in [6.07, 6.45) is 3.50. The van der Waals surface area contributed by atoms with Gasteiger partial charge in [0.25, 0.3) is 5.56 Å². The summed E-state index contributed by atoms with van der Waals surface area (Å²) < 4.78 is 7.67. The van der Waals surface area contributed by atoms with Crippen molar-refractivity contribution in [2.75, 3.05) is 32.0 Å². The Bertz CT molecular complexity index is 859. The Balaban J connectivity index is 1.49. The number of hydrogen-bond acceptors (Lipinski definition) is 6. The van der Waals surface area contributed by atoms with Crippen LogP contribution in [0.2, 0.25) is 0 Å². The average Bonchev–Trinajstić information content (AvgIpc) is 3.17. The first-order valence-electron chi connectivity index (χ1n) is 9.51. The molecule has 0 unspecified atom stereocenters. The number of thiophene rings is 1. The van der Waals surface area contributed by atoms with Crippen LogP contribution in [0.25, 0.3) is 10.2 Å². The molecule has 2 aromatic heterocycles. The first kappa shape index (κ1) is 18.5. The van der Waals surface area contributed by atoms with Gasteiger partial charge in [-0.1, -0.05) is 25.6 Å². The van der Waals surface area contributed by atoms with Crippen molar-refractivity contribution in [2.24, 2.45) is 13.0 Å². The number of nitrogens with zero attached hydrogens (tertiary/aromatic N) is 3. The maximum atomic E-state index is 12.9. The normalized spacial score (nSPS) is 21.0. The highest BCUT2D eigenvalue weighted by Gasteiger charge is 2.24. The largest absolute Gasteiger partial charge is 0.375 e. The van der Waals surface area contributed by atoms with Crippen LogP contribution >= 0.6 is 23.1 Å². The van der Waals surface area contributed by atoms with Crippen LogP contribution in [0.4, 0.5) is 0 Å². The van der Waals surface area contributed by atoms with Gasteiger partial charge < -0.3 is 4.74 Å². The van der Waals surface area contributed by atoms with Crippen LogP contribution in [0.15, 0.2) is 9.95 Å². The molecule has 0 N–H and O–H groups in total. The summed E-state index contributed by atoms with van der Waals surface area (Å²) in [5, 5.41) is 1.68. The summed E-state index contributed by atoms with van der Waals surface area (Å²) in [5.41, 5.74) is 1.37. The van der Waals surface area contributed by atoms with Crippen LogP contribution in [0.1, 0.15) is 30.7 Å². The second kappa shape index (κ2) is 7.62. The molecule has 2 aromatic rings. The lowest BCUT2D eigenvalue weighted by atomic mass is 10.2. The van der Waals surface area contributed by atoms with Gasteiger partial charge in [0, 0.05) is 37.3 Å². The summed E-state index contributed by atoms with van der Waals surface area (Å²) in [5.74, 6) is 1.51. The summed E-state index contributed by atoms with van der Waals surface area (Å²) >= 11 is 3.37. The van der Waals surface area contributed by atoms with Gasteiger partial charge in [0.05, 0.1) is 18.1 Å². The van der Waals surface area contributed by atoms with E-state index in [0.29, 0.717) is 5.92 Å². The van der Waals surface area contributed by atoms with Crippen molar-refractivity contribution < 1.29 is 4.74 Å². The van der Waals surface area contributed by atoms with Crippen molar-refractivity contribution in [3.63, 3.8) is 0 Å². The summed E-state index contributed by atoms with van der Waals surface area (Å²) in [7, 11) is 1.85. The Kier molecular flexibility index (Phi) is 5.41. The van der Waals surface area contributed by atoms with Crippen LogP contribution in [-0.4, -0.2) is 52.5 Å². The molecule has 142 valence electrons. The number of morpholine rings is 1. The van der Waals surface area contributed by atoms with Crippen molar-refractivity contribution in [1.82, 2.24) is 14.5 Å². The van der Waals surface area contributed by atoms with E-state index < -0.39 is 0 Å². The zero-order valence-corrected chi connectivity index (χ0v) is 17.4. The van der Waals surface area contributed by atoms with E-state index in [4.69, 9.17) is 9.72 Å². The fraction of sp³-hybridized carbons (Fsp3) is 0.684. The van der Waals surface area contributed by atoms with Gasteiger partial charge in [0.1, 0.15) is 4.83 Å². The molecule has 0 spiro atoms. The quantitative estimate of drug-likeness (QED) is 0.577. The predicted octanol–water partition coefficient (Wildman–Crippen LogP) is 2.93. The van der Waals surface area contributed by atoms with Gasteiger partial charge in [0.2, 0.25) is 0 Å². The molecule has 2 aliphatic rings. The molecule has 1 aliphatic heterocycles. The van der Waals surface area contributed by atoms with Crippen molar-refractivity contribution in [1.29, 1.82) is 0 Å². The molecule has 0 amide bonds. The van der Waals surface area contributed by atoms with E-state index in [1.807, 2.05) is 7.05 Å². The Morgan fingerprint density at radius 2 is 2.23 bits per heavy atom. The lowest BCUT2D eigenvalue weighted by molar-refractivity contribution is -0.0191. The average molecular weight is 394 g/mol. The van der Waals surface area contributed by atoms with Gasteiger partial charge >= 0.3 is 0 Å². The zero-order chi connectivity index (χ0) is 18.3. The van der Waals surface area contributed by atoms with E-state index in [0.717, 1.165) is 60.2 Å². The van der Waals surface area contributed by atoms with E-state index in [-0.39, 0.29) is 11.7 Å². The first-order chi connectivity index (χ1) is 12.5. The highest BCUT2D eigenvalue weighted by Crippen LogP contribution is 2.35. The molecule has 4 rings (SSSR count). The monoisotopic (exact) mass is 393 g/mol. The Labute approximate surface area is 162 Å². The summed E-state index contributed by atoms with van der Waals surface area (Å²) in [6.45, 7) is 8.41. The molecule has 1 atom stereocenters. The number of aromatic nitrogens is 2. The van der Waals surface area contributed by atoms with Gasteiger partial charge in [0.15, 0.2) is 5.16 Å². The minimum Gasteiger partial charge on any atom is -0.375 e. The topological polar surface area (TPSA) is 47.4 Å². The molecule has 5 nitrogen and oxygen atoms in total. The molecule has 1 fully saturated rings. The Morgan fingerprint density at radius 1 is 1.38 bits per heavy atom. The van der Waals surface area contributed by atoms with Gasteiger partial charge in [-0.25, -0.2) is 4.98 Å². The Hall–Kier alpha value is -0.890. The van der Waals surface area contributed by atoms with Crippen molar-refractivity contribution in [2.45, 2.75) is 44.4 Å². The second-order valence-corrected chi connectivity index (χ2v) is 9.82. The molecule has 0 bridgehead atoms. The first-order valence-corrected chi connectivity index (χ1v) is 11.3. The molecule has 26 heavy (non-hydrogen) atoms. The van der Waals surface area contributed by atoms with Gasteiger partial charge in [-0.2, -0.15) is 0 Å². The molecular weight excluding hydrogens is 366 g/mol. The smallest absolute Gasteiger partial charge is 0.262 e. The third-order valence-corrected chi connectivity index (χ3v) is 7.50. The van der Waals surface area contributed by atoms with Crippen molar-refractivity contribution in [3.05, 3.63) is 20.8 Å². The van der Waals surface area contributed by atoms with E-state index >= 15 is 0 Å². The van der Waals surface area contributed by atoms with Crippen molar-refractivity contribution in [3.8, 4) is 0 Å². The number of hydrogen-bond donors (Lipinski definition) is 0. The van der Waals surface area contributed by atoms with Gasteiger partial charge in [-0.05, 0) is 30.7 Å². The molecular formula is C19H27N3O2S2. The number of thioether (sulfide) groups is 1. The third kappa shape index (κ3) is 3.59.